The molecule has 1 atom stereocenters. The summed E-state index contributed by atoms with van der Waals surface area (Å²) in [5.74, 6) is 1.62. The maximum Gasteiger partial charge on any atom is 0.309 e. The summed E-state index contributed by atoms with van der Waals surface area (Å²) in [5, 5.41) is 9.01. The molecule has 2 fully saturated rings. The lowest BCUT2D eigenvalue weighted by Crippen LogP contribution is -2.57. The molecular formula is C20H27NO4. The average Bonchev–Trinajstić information content (AvgIpc) is 2.59. The van der Waals surface area contributed by atoms with Crippen LogP contribution in [0.5, 0.6) is 11.5 Å². The van der Waals surface area contributed by atoms with Crippen LogP contribution in [0.3, 0.4) is 0 Å². The number of carbonyl (C=O) groups is 1. The standard InChI is InChI=1S/C20H27NO4/c22-20(23)16-10-21(11-16)17-8-15-6-7-18(9-19(15)25-13-17)24-12-14-4-2-1-3-5-14/h6-7,9,14,16-17H,1-5,8,10-13H2,(H,22,23). The van der Waals surface area contributed by atoms with Crippen LogP contribution in [0.4, 0.5) is 0 Å². The minimum atomic E-state index is -0.687. The number of hydrogen-bond acceptors (Lipinski definition) is 4. The molecule has 4 rings (SSSR count). The molecule has 0 aromatic heterocycles. The summed E-state index contributed by atoms with van der Waals surface area (Å²) in [5.41, 5.74) is 1.19. The summed E-state index contributed by atoms with van der Waals surface area (Å²) in [4.78, 5) is 13.2. The normalized spacial score (nSPS) is 24.9. The predicted octanol–water partition coefficient (Wildman–Crippen LogP) is 2.97. The molecule has 5 nitrogen and oxygen atoms in total. The summed E-state index contributed by atoms with van der Waals surface area (Å²) in [6, 6.07) is 6.46. The van der Waals surface area contributed by atoms with Crippen molar-refractivity contribution in [3.63, 3.8) is 0 Å². The van der Waals surface area contributed by atoms with Crippen LogP contribution in [-0.4, -0.2) is 48.3 Å². The molecule has 1 saturated heterocycles. The van der Waals surface area contributed by atoms with Crippen LogP contribution >= 0.6 is 0 Å². The first-order valence-electron chi connectivity index (χ1n) is 9.54. The van der Waals surface area contributed by atoms with E-state index in [4.69, 9.17) is 14.6 Å². The number of ether oxygens (including phenoxy) is 2. The second-order valence-electron chi connectivity index (χ2n) is 7.74. The maximum atomic E-state index is 10.9. The Morgan fingerprint density at radius 2 is 2.04 bits per heavy atom. The van der Waals surface area contributed by atoms with E-state index >= 15 is 0 Å². The highest BCUT2D eigenvalue weighted by Gasteiger charge is 2.38. The van der Waals surface area contributed by atoms with Gasteiger partial charge in [0, 0.05) is 25.2 Å². The van der Waals surface area contributed by atoms with Gasteiger partial charge >= 0.3 is 5.97 Å². The Balaban J connectivity index is 1.31. The molecule has 1 unspecified atom stereocenters. The third-order valence-electron chi connectivity index (χ3n) is 5.91. The molecule has 1 aliphatic carbocycles. The molecule has 1 saturated carbocycles. The number of carboxylic acid groups (broad SMARTS) is 1. The van der Waals surface area contributed by atoms with Crippen molar-refractivity contribution in [1.29, 1.82) is 0 Å². The Morgan fingerprint density at radius 1 is 1.24 bits per heavy atom. The molecule has 2 aliphatic heterocycles. The number of fused-ring (bicyclic) bond motifs is 1. The largest absolute Gasteiger partial charge is 0.493 e. The Hall–Kier alpha value is -1.75. The summed E-state index contributed by atoms with van der Waals surface area (Å²) >= 11 is 0. The summed E-state index contributed by atoms with van der Waals surface area (Å²) < 4.78 is 12.0. The topological polar surface area (TPSA) is 59.0 Å². The second-order valence-corrected chi connectivity index (χ2v) is 7.74. The van der Waals surface area contributed by atoms with Gasteiger partial charge in [0.15, 0.2) is 0 Å². The van der Waals surface area contributed by atoms with Gasteiger partial charge < -0.3 is 14.6 Å². The summed E-state index contributed by atoms with van der Waals surface area (Å²) in [7, 11) is 0. The molecule has 3 aliphatic rings. The molecule has 5 heteroatoms. The second kappa shape index (κ2) is 7.24. The van der Waals surface area contributed by atoms with Gasteiger partial charge in [-0.1, -0.05) is 25.3 Å². The van der Waals surface area contributed by atoms with Gasteiger partial charge in [0.1, 0.15) is 18.1 Å². The predicted molar refractivity (Wildman–Crippen MR) is 94.2 cm³/mol. The van der Waals surface area contributed by atoms with Gasteiger partial charge in [-0.15, -0.1) is 0 Å². The van der Waals surface area contributed by atoms with Gasteiger partial charge in [0.25, 0.3) is 0 Å². The van der Waals surface area contributed by atoms with E-state index in [2.05, 4.69) is 11.0 Å². The zero-order valence-electron chi connectivity index (χ0n) is 14.7. The average molecular weight is 345 g/mol. The van der Waals surface area contributed by atoms with Crippen molar-refractivity contribution in [2.45, 2.75) is 44.6 Å². The highest BCUT2D eigenvalue weighted by Crippen LogP contribution is 2.33. The Bertz CT molecular complexity index is 620. The number of benzene rings is 1. The third kappa shape index (κ3) is 3.76. The van der Waals surface area contributed by atoms with E-state index in [1.54, 1.807) is 0 Å². The van der Waals surface area contributed by atoms with Crippen molar-refractivity contribution in [3.05, 3.63) is 23.8 Å². The van der Waals surface area contributed by atoms with Crippen molar-refractivity contribution < 1.29 is 19.4 Å². The third-order valence-corrected chi connectivity index (χ3v) is 5.91. The molecule has 0 radical (unpaired) electrons. The van der Waals surface area contributed by atoms with E-state index < -0.39 is 5.97 Å². The molecule has 0 spiro atoms. The zero-order valence-corrected chi connectivity index (χ0v) is 14.7. The molecule has 0 bridgehead atoms. The van der Waals surface area contributed by atoms with Crippen LogP contribution in [0.1, 0.15) is 37.7 Å². The van der Waals surface area contributed by atoms with Gasteiger partial charge in [-0.05, 0) is 36.8 Å². The van der Waals surface area contributed by atoms with E-state index in [-0.39, 0.29) is 12.0 Å². The van der Waals surface area contributed by atoms with E-state index in [1.807, 2.05) is 12.1 Å². The van der Waals surface area contributed by atoms with Gasteiger partial charge in [-0.2, -0.15) is 0 Å². The zero-order chi connectivity index (χ0) is 17.2. The molecular weight excluding hydrogens is 318 g/mol. The van der Waals surface area contributed by atoms with Crippen molar-refractivity contribution in [3.8, 4) is 11.5 Å². The number of carboxylic acids is 1. The van der Waals surface area contributed by atoms with Crippen LogP contribution in [0, 0.1) is 11.8 Å². The van der Waals surface area contributed by atoms with Crippen molar-refractivity contribution >= 4 is 5.97 Å². The monoisotopic (exact) mass is 345 g/mol. The van der Waals surface area contributed by atoms with E-state index in [9.17, 15) is 4.79 Å². The van der Waals surface area contributed by atoms with Crippen molar-refractivity contribution in [2.24, 2.45) is 11.8 Å². The number of likely N-dealkylation sites (tertiary alicyclic amines) is 1. The fraction of sp³-hybridized carbons (Fsp3) is 0.650. The van der Waals surface area contributed by atoms with Crippen LogP contribution in [0.25, 0.3) is 0 Å². The lowest BCUT2D eigenvalue weighted by Gasteiger charge is -2.43. The van der Waals surface area contributed by atoms with E-state index in [0.29, 0.717) is 25.6 Å². The first kappa shape index (κ1) is 16.7. The highest BCUT2D eigenvalue weighted by molar-refractivity contribution is 5.71. The molecule has 136 valence electrons. The number of rotatable bonds is 5. The summed E-state index contributed by atoms with van der Waals surface area (Å²) in [6.07, 6.45) is 7.54. The molecule has 1 aromatic carbocycles. The van der Waals surface area contributed by atoms with Crippen LogP contribution in [0.2, 0.25) is 0 Å². The van der Waals surface area contributed by atoms with Crippen molar-refractivity contribution in [2.75, 3.05) is 26.3 Å². The number of aliphatic carboxylic acids is 1. The fourth-order valence-corrected chi connectivity index (χ4v) is 4.20. The molecule has 25 heavy (non-hydrogen) atoms. The van der Waals surface area contributed by atoms with E-state index in [1.165, 1.54) is 37.7 Å². The molecule has 2 heterocycles. The van der Waals surface area contributed by atoms with Gasteiger partial charge in [0.05, 0.1) is 12.5 Å². The van der Waals surface area contributed by atoms with Gasteiger partial charge in [-0.3, -0.25) is 9.69 Å². The van der Waals surface area contributed by atoms with Crippen LogP contribution in [-0.2, 0) is 11.2 Å². The fourth-order valence-electron chi connectivity index (χ4n) is 4.20. The van der Waals surface area contributed by atoms with Crippen LogP contribution < -0.4 is 9.47 Å². The van der Waals surface area contributed by atoms with E-state index in [0.717, 1.165) is 24.5 Å². The first-order chi connectivity index (χ1) is 12.2. The van der Waals surface area contributed by atoms with Gasteiger partial charge in [-0.25, -0.2) is 0 Å². The minimum absolute atomic E-state index is 0.211. The molecule has 0 amide bonds. The lowest BCUT2D eigenvalue weighted by atomic mass is 9.90. The molecule has 1 N–H and O–H groups in total. The quantitative estimate of drug-likeness (QED) is 0.889. The Morgan fingerprint density at radius 3 is 2.80 bits per heavy atom. The SMILES string of the molecule is O=C(O)C1CN(C2COc3cc(OCC4CCCCC4)ccc3C2)C1. The Labute approximate surface area is 148 Å². The van der Waals surface area contributed by atoms with Gasteiger partial charge in [0.2, 0.25) is 0 Å². The highest BCUT2D eigenvalue weighted by atomic mass is 16.5. The maximum absolute atomic E-state index is 10.9. The minimum Gasteiger partial charge on any atom is -0.493 e. The van der Waals surface area contributed by atoms with Crippen LogP contribution in [0.15, 0.2) is 18.2 Å². The summed E-state index contributed by atoms with van der Waals surface area (Å²) in [6.45, 7) is 2.72. The first-order valence-corrected chi connectivity index (χ1v) is 9.54. The van der Waals surface area contributed by atoms with Crippen molar-refractivity contribution in [1.82, 2.24) is 4.90 Å². The smallest absolute Gasteiger partial charge is 0.309 e. The number of nitrogens with zero attached hydrogens (tertiary/aromatic N) is 1. The number of hydrogen-bond donors (Lipinski definition) is 1. The Kier molecular flexibility index (Phi) is 4.84. The lowest BCUT2D eigenvalue weighted by molar-refractivity contribution is -0.149. The molecule has 1 aromatic rings.